The van der Waals surface area contributed by atoms with E-state index in [-0.39, 0.29) is 11.8 Å². The maximum Gasteiger partial charge on any atom is 0.178 e. The third-order valence-electron chi connectivity index (χ3n) is 14.7. The molecule has 4 aliphatic rings. The molecule has 0 saturated heterocycles. The van der Waals surface area contributed by atoms with Crippen molar-refractivity contribution in [1.82, 2.24) is 19.6 Å². The van der Waals surface area contributed by atoms with Crippen LogP contribution in [0.25, 0.3) is 22.3 Å². The number of hydrogen-bond acceptors (Lipinski definition) is 12. The van der Waals surface area contributed by atoms with E-state index >= 15 is 0 Å². The summed E-state index contributed by atoms with van der Waals surface area (Å²) in [5.74, 6) is -0.824. The highest BCUT2D eigenvalue weighted by molar-refractivity contribution is 7.94. The van der Waals surface area contributed by atoms with Crippen LogP contribution in [0.15, 0.2) is 109 Å². The number of aliphatic hydroxyl groups excluding tert-OH is 2. The Kier molecular flexibility index (Phi) is 13.6. The largest absolute Gasteiger partial charge is 0.493 e. The van der Waals surface area contributed by atoms with Gasteiger partial charge in [0.1, 0.15) is 23.0 Å². The van der Waals surface area contributed by atoms with Crippen LogP contribution in [-0.2, 0) is 45.6 Å². The third kappa shape index (κ3) is 9.75. The number of sulfone groups is 2. The van der Waals surface area contributed by atoms with Crippen LogP contribution < -0.4 is 9.47 Å². The van der Waals surface area contributed by atoms with Gasteiger partial charge in [0.25, 0.3) is 0 Å². The maximum absolute atomic E-state index is 13.1. The highest BCUT2D eigenvalue weighted by Crippen LogP contribution is 2.46. The number of fused-ring (bicyclic) bond motifs is 2. The summed E-state index contributed by atoms with van der Waals surface area (Å²) in [6.07, 6.45) is 5.90. The predicted octanol–water partition coefficient (Wildman–Crippen LogP) is 8.01. The summed E-state index contributed by atoms with van der Waals surface area (Å²) in [4.78, 5) is 26.1. The zero-order chi connectivity index (χ0) is 49.6. The standard InChI is InChI=1S/2C27H30N2O5S/c2*1-3-29-20(10-13-28-29)14-19-16-34-25-15-18(8-9-23(25)26(19)31)21-6-4-5-7-22(21)24(30)17-35(32,33)27(2)11-12-27/h2*4-10,13,15,19,26,31H,3,11-12,14,16-17H2,1-2H3/t2*19-,26+/m10/s1. The number of Topliss-reactive ketones (excluding diaryl/α,β-unsaturated/α-hetero) is 2. The van der Waals surface area contributed by atoms with Crippen molar-refractivity contribution in [2.45, 2.75) is 101 Å². The van der Waals surface area contributed by atoms with Crippen molar-refractivity contribution in [1.29, 1.82) is 0 Å². The Hall–Kier alpha value is -5.94. The average molecular weight is 989 g/mol. The van der Waals surface area contributed by atoms with Crippen molar-refractivity contribution in [3.8, 4) is 33.8 Å². The van der Waals surface area contributed by atoms with Gasteiger partial charge in [-0.15, -0.1) is 0 Å². The van der Waals surface area contributed by atoms with Gasteiger partial charge in [-0.3, -0.25) is 19.0 Å². The summed E-state index contributed by atoms with van der Waals surface area (Å²) in [5.41, 5.74) is 7.10. The van der Waals surface area contributed by atoms with Crippen molar-refractivity contribution in [3.05, 3.63) is 143 Å². The summed E-state index contributed by atoms with van der Waals surface area (Å²) >= 11 is 0. The minimum absolute atomic E-state index is 0.0989. The number of ether oxygens (including phenoxy) is 2. The van der Waals surface area contributed by atoms with Crippen molar-refractivity contribution in [3.63, 3.8) is 0 Å². The van der Waals surface area contributed by atoms with Gasteiger partial charge in [-0.2, -0.15) is 10.2 Å². The Morgan fingerprint density at radius 1 is 0.600 bits per heavy atom. The van der Waals surface area contributed by atoms with E-state index in [1.165, 1.54) is 0 Å². The van der Waals surface area contributed by atoms with Gasteiger partial charge in [-0.25, -0.2) is 16.8 Å². The van der Waals surface area contributed by atoms with E-state index in [1.807, 2.05) is 96.0 Å². The molecule has 10 rings (SSSR count). The maximum atomic E-state index is 13.1. The highest BCUT2D eigenvalue weighted by Gasteiger charge is 2.51. The predicted molar refractivity (Wildman–Crippen MR) is 266 cm³/mol. The molecule has 70 heavy (non-hydrogen) atoms. The van der Waals surface area contributed by atoms with E-state index in [0.29, 0.717) is 96.6 Å². The van der Waals surface area contributed by atoms with Crippen LogP contribution >= 0.6 is 0 Å². The number of benzene rings is 4. The molecule has 0 spiro atoms. The number of carbonyl (C=O) groups excluding carboxylic acids is 2. The number of nitrogens with zero attached hydrogens (tertiary/aromatic N) is 4. The summed E-state index contributed by atoms with van der Waals surface area (Å²) < 4.78 is 65.2. The van der Waals surface area contributed by atoms with E-state index in [9.17, 15) is 36.6 Å². The van der Waals surface area contributed by atoms with Crippen LogP contribution in [0.4, 0.5) is 0 Å². The van der Waals surface area contributed by atoms with Crippen molar-refractivity contribution in [2.75, 3.05) is 24.7 Å². The number of hydrogen-bond donors (Lipinski definition) is 2. The Balaban J connectivity index is 0.000000174. The van der Waals surface area contributed by atoms with Crippen LogP contribution in [-0.4, -0.2) is 92.4 Å². The van der Waals surface area contributed by atoms with Crippen molar-refractivity contribution in [2.24, 2.45) is 11.8 Å². The minimum atomic E-state index is -3.50. The fourth-order valence-corrected chi connectivity index (χ4v) is 12.7. The molecule has 6 aromatic rings. The molecule has 2 N–H and O–H groups in total. The smallest absolute Gasteiger partial charge is 0.178 e. The number of ketones is 2. The van der Waals surface area contributed by atoms with E-state index < -0.39 is 64.4 Å². The molecule has 2 aliphatic carbocycles. The first kappa shape index (κ1) is 49.1. The number of aryl methyl sites for hydroxylation is 2. The van der Waals surface area contributed by atoms with Gasteiger partial charge in [-0.05, 0) is 113 Å². The van der Waals surface area contributed by atoms with Gasteiger partial charge in [-0.1, -0.05) is 72.8 Å². The second-order valence-corrected chi connectivity index (χ2v) is 24.6. The van der Waals surface area contributed by atoms with Gasteiger partial charge < -0.3 is 19.7 Å². The molecule has 2 aliphatic heterocycles. The van der Waals surface area contributed by atoms with Gasteiger partial charge in [0, 0.05) is 71.0 Å². The van der Waals surface area contributed by atoms with E-state index in [0.717, 1.165) is 35.6 Å². The van der Waals surface area contributed by atoms with Crippen molar-refractivity contribution < 1.29 is 46.1 Å². The molecule has 4 atom stereocenters. The van der Waals surface area contributed by atoms with Crippen LogP contribution in [0.1, 0.15) is 109 Å². The van der Waals surface area contributed by atoms with Crippen LogP contribution in [0.2, 0.25) is 0 Å². The quantitative estimate of drug-likeness (QED) is 0.0888. The second kappa shape index (κ2) is 19.3. The molecule has 0 unspecified atom stereocenters. The first-order valence-corrected chi connectivity index (χ1v) is 27.4. The molecule has 2 fully saturated rings. The van der Waals surface area contributed by atoms with Crippen LogP contribution in [0.5, 0.6) is 11.5 Å². The van der Waals surface area contributed by atoms with Gasteiger partial charge in [0.15, 0.2) is 31.2 Å². The van der Waals surface area contributed by atoms with Gasteiger partial charge >= 0.3 is 0 Å². The Labute approximate surface area is 409 Å². The Bertz CT molecular complexity index is 2960. The molecule has 14 nitrogen and oxygen atoms in total. The van der Waals surface area contributed by atoms with Crippen LogP contribution in [0, 0.1) is 11.8 Å². The zero-order valence-electron chi connectivity index (χ0n) is 40.0. The molecular formula is C54H60N4O10S2. The average Bonchev–Trinajstić information content (AvgIpc) is 4.19. The number of rotatable bonds is 16. The molecule has 0 bridgehead atoms. The number of carbonyl (C=O) groups is 2. The Morgan fingerprint density at radius 3 is 1.36 bits per heavy atom. The molecule has 368 valence electrons. The SMILES string of the molecule is CCn1nccc1C[C@@H]1COc2cc(-c3ccccc3C(=O)CS(=O)(=O)C3(C)CC3)ccc2[C@H]1O.CCn1nccc1C[C@H]1COc2cc(-c3ccccc3C(=O)CS(=O)(=O)C3(C)CC3)ccc2[C@@H]1O. The van der Waals surface area contributed by atoms with E-state index in [1.54, 1.807) is 50.5 Å². The molecular weight excluding hydrogens is 929 g/mol. The molecule has 2 aromatic heterocycles. The summed E-state index contributed by atoms with van der Waals surface area (Å²) in [6.45, 7) is 9.74. The Morgan fingerprint density at radius 2 is 0.986 bits per heavy atom. The molecule has 2 saturated carbocycles. The topological polar surface area (TPSA) is 197 Å². The second-order valence-electron chi connectivity index (χ2n) is 19.6. The van der Waals surface area contributed by atoms with Gasteiger partial charge in [0.2, 0.25) is 0 Å². The van der Waals surface area contributed by atoms with Crippen molar-refractivity contribution >= 4 is 31.2 Å². The summed E-state index contributed by atoms with van der Waals surface area (Å²) in [5, 5.41) is 30.7. The molecule has 16 heteroatoms. The molecule has 0 radical (unpaired) electrons. The summed E-state index contributed by atoms with van der Waals surface area (Å²) in [6, 6.07) is 29.1. The normalized spacial score (nSPS) is 20.7. The lowest BCUT2D eigenvalue weighted by Gasteiger charge is -2.31. The first-order valence-electron chi connectivity index (χ1n) is 24.1. The monoisotopic (exact) mass is 988 g/mol. The number of aromatic nitrogens is 4. The van der Waals surface area contributed by atoms with E-state index in [2.05, 4.69) is 10.2 Å². The minimum Gasteiger partial charge on any atom is -0.493 e. The fraction of sp³-hybridized carbons (Fsp3) is 0.407. The zero-order valence-corrected chi connectivity index (χ0v) is 41.6. The van der Waals surface area contributed by atoms with Crippen LogP contribution in [0.3, 0.4) is 0 Å². The number of aliphatic hydroxyl groups is 2. The first-order chi connectivity index (χ1) is 33.4. The fourth-order valence-electron chi connectivity index (χ4n) is 9.52. The third-order valence-corrected chi connectivity index (χ3v) is 19.8. The lowest BCUT2D eigenvalue weighted by atomic mass is 9.88. The lowest BCUT2D eigenvalue weighted by Crippen LogP contribution is -2.28. The van der Waals surface area contributed by atoms with Gasteiger partial charge in [0.05, 0.1) is 34.9 Å². The molecule has 4 aromatic carbocycles. The molecule has 0 amide bonds. The summed E-state index contributed by atoms with van der Waals surface area (Å²) in [7, 11) is -7.00. The molecule has 4 heterocycles. The highest BCUT2D eigenvalue weighted by atomic mass is 32.2. The lowest BCUT2D eigenvalue weighted by molar-refractivity contribution is 0.0496. The van der Waals surface area contributed by atoms with E-state index in [4.69, 9.17) is 9.47 Å².